The molecule has 0 spiro atoms. The maximum Gasteiger partial charge on any atom is 0.272 e. The molecular formula is C19H17ClN4O3S. The van der Waals surface area contributed by atoms with Gasteiger partial charge >= 0.3 is 0 Å². The molecule has 7 nitrogen and oxygen atoms in total. The minimum atomic E-state index is -3.78. The van der Waals surface area contributed by atoms with Crippen molar-refractivity contribution in [2.24, 2.45) is 5.14 Å². The Hall–Kier alpha value is -2.68. The molecular weight excluding hydrogens is 400 g/mol. The lowest BCUT2D eigenvalue weighted by molar-refractivity contribution is 0.0945. The third-order valence-corrected chi connectivity index (χ3v) is 5.59. The van der Waals surface area contributed by atoms with E-state index in [9.17, 15) is 13.2 Å². The van der Waals surface area contributed by atoms with Crippen molar-refractivity contribution in [2.45, 2.75) is 23.8 Å². The number of aromatic nitrogens is 2. The number of carbonyl (C=O) groups is 1. The van der Waals surface area contributed by atoms with E-state index in [0.717, 1.165) is 18.5 Å². The van der Waals surface area contributed by atoms with E-state index in [4.69, 9.17) is 16.7 Å². The molecule has 1 aromatic heterocycles. The Kier molecular flexibility index (Phi) is 4.70. The predicted octanol–water partition coefficient (Wildman–Crippen LogP) is 2.73. The molecule has 0 unspecified atom stereocenters. The number of amides is 1. The first-order valence-electron chi connectivity index (χ1n) is 8.61. The quantitative estimate of drug-likeness (QED) is 0.666. The average molecular weight is 417 g/mol. The minimum absolute atomic E-state index is 0.0144. The van der Waals surface area contributed by atoms with Gasteiger partial charge < -0.3 is 5.32 Å². The molecule has 9 heteroatoms. The normalized spacial score (nSPS) is 14.1. The zero-order valence-electron chi connectivity index (χ0n) is 14.7. The first kappa shape index (κ1) is 18.7. The van der Waals surface area contributed by atoms with Gasteiger partial charge in [0.05, 0.1) is 16.3 Å². The van der Waals surface area contributed by atoms with Crippen LogP contribution in [0.25, 0.3) is 16.9 Å². The number of nitrogens with two attached hydrogens (primary N) is 1. The molecule has 144 valence electrons. The molecule has 1 aliphatic carbocycles. The van der Waals surface area contributed by atoms with Gasteiger partial charge in [-0.1, -0.05) is 23.7 Å². The fourth-order valence-corrected chi connectivity index (χ4v) is 3.42. The lowest BCUT2D eigenvalue weighted by atomic mass is 10.1. The Morgan fingerprint density at radius 1 is 1.11 bits per heavy atom. The number of primary sulfonamides is 1. The van der Waals surface area contributed by atoms with Gasteiger partial charge in [0.15, 0.2) is 5.69 Å². The minimum Gasteiger partial charge on any atom is -0.348 e. The number of sulfonamides is 1. The number of rotatable bonds is 5. The molecule has 2 aromatic carbocycles. The molecule has 0 saturated heterocycles. The summed E-state index contributed by atoms with van der Waals surface area (Å²) < 4.78 is 24.6. The maximum atomic E-state index is 12.5. The van der Waals surface area contributed by atoms with E-state index in [0.29, 0.717) is 16.3 Å². The zero-order chi connectivity index (χ0) is 19.9. The second kappa shape index (κ2) is 7.05. The summed E-state index contributed by atoms with van der Waals surface area (Å²) in [6.07, 6.45) is 1.96. The van der Waals surface area contributed by atoms with E-state index in [2.05, 4.69) is 10.4 Å². The van der Waals surface area contributed by atoms with Crippen molar-refractivity contribution < 1.29 is 13.2 Å². The average Bonchev–Trinajstić information content (AvgIpc) is 3.36. The van der Waals surface area contributed by atoms with Crippen molar-refractivity contribution >= 4 is 27.5 Å². The largest absolute Gasteiger partial charge is 0.348 e. The first-order chi connectivity index (χ1) is 13.3. The van der Waals surface area contributed by atoms with E-state index < -0.39 is 10.0 Å². The molecule has 3 N–H and O–H groups in total. The van der Waals surface area contributed by atoms with Crippen molar-refractivity contribution in [3.05, 3.63) is 65.3 Å². The summed E-state index contributed by atoms with van der Waals surface area (Å²) in [5.41, 5.74) is 2.34. The maximum absolute atomic E-state index is 12.5. The van der Waals surface area contributed by atoms with Crippen molar-refractivity contribution in [2.75, 3.05) is 0 Å². The van der Waals surface area contributed by atoms with Crippen LogP contribution in [0.1, 0.15) is 23.3 Å². The van der Waals surface area contributed by atoms with Crippen LogP contribution >= 0.6 is 11.6 Å². The molecule has 0 bridgehead atoms. The molecule has 28 heavy (non-hydrogen) atoms. The number of nitrogens with zero attached hydrogens (tertiary/aromatic N) is 2. The van der Waals surface area contributed by atoms with Crippen molar-refractivity contribution in [3.63, 3.8) is 0 Å². The Labute approximate surface area is 167 Å². The number of hydrogen-bond donors (Lipinski definition) is 2. The Balaban J connectivity index is 1.78. The fraction of sp³-hybridized carbons (Fsp3) is 0.158. The Morgan fingerprint density at radius 2 is 1.75 bits per heavy atom. The van der Waals surface area contributed by atoms with E-state index >= 15 is 0 Å². The van der Waals surface area contributed by atoms with Gasteiger partial charge in [0.2, 0.25) is 10.0 Å². The number of hydrogen-bond acceptors (Lipinski definition) is 4. The van der Waals surface area contributed by atoms with Gasteiger partial charge in [-0.05, 0) is 55.3 Å². The smallest absolute Gasteiger partial charge is 0.272 e. The number of halogens is 1. The summed E-state index contributed by atoms with van der Waals surface area (Å²) in [7, 11) is -3.78. The van der Waals surface area contributed by atoms with E-state index in [1.165, 1.54) is 12.1 Å². The van der Waals surface area contributed by atoms with Crippen LogP contribution in [-0.4, -0.2) is 30.1 Å². The second-order valence-electron chi connectivity index (χ2n) is 6.62. The monoisotopic (exact) mass is 416 g/mol. The fourth-order valence-electron chi connectivity index (χ4n) is 2.78. The highest BCUT2D eigenvalue weighted by molar-refractivity contribution is 7.89. The van der Waals surface area contributed by atoms with Crippen LogP contribution in [0.3, 0.4) is 0 Å². The van der Waals surface area contributed by atoms with Gasteiger partial charge in [-0.2, -0.15) is 5.10 Å². The van der Waals surface area contributed by atoms with Crippen molar-refractivity contribution in [1.82, 2.24) is 15.1 Å². The number of carbonyl (C=O) groups excluding carboxylic acids is 1. The number of benzene rings is 2. The molecule has 1 heterocycles. The lowest BCUT2D eigenvalue weighted by Crippen LogP contribution is -2.25. The van der Waals surface area contributed by atoms with Crippen LogP contribution < -0.4 is 10.5 Å². The Bertz CT molecular complexity index is 1130. The third kappa shape index (κ3) is 3.94. The first-order valence-corrected chi connectivity index (χ1v) is 10.5. The summed E-state index contributed by atoms with van der Waals surface area (Å²) in [6, 6.07) is 15.1. The topological polar surface area (TPSA) is 107 Å². The van der Waals surface area contributed by atoms with Gasteiger partial charge in [0.25, 0.3) is 5.91 Å². The summed E-state index contributed by atoms with van der Waals surface area (Å²) in [5.74, 6) is -0.238. The summed E-state index contributed by atoms with van der Waals surface area (Å²) in [4.78, 5) is 12.5. The van der Waals surface area contributed by atoms with Crippen LogP contribution in [0.4, 0.5) is 0 Å². The van der Waals surface area contributed by atoms with Gasteiger partial charge in [-0.3, -0.25) is 4.79 Å². The molecule has 1 saturated carbocycles. The Morgan fingerprint density at radius 3 is 2.32 bits per heavy atom. The van der Waals surface area contributed by atoms with Gasteiger partial charge in [0.1, 0.15) is 0 Å². The summed E-state index contributed by atoms with van der Waals surface area (Å²) in [5, 5.41) is 13.1. The van der Waals surface area contributed by atoms with Gasteiger partial charge in [0, 0.05) is 16.6 Å². The number of nitrogens with one attached hydrogen (secondary N) is 1. The highest BCUT2D eigenvalue weighted by Crippen LogP contribution is 2.27. The molecule has 1 fully saturated rings. The lowest BCUT2D eigenvalue weighted by Gasteiger charge is -2.08. The van der Waals surface area contributed by atoms with Crippen LogP contribution in [0.2, 0.25) is 5.02 Å². The summed E-state index contributed by atoms with van der Waals surface area (Å²) in [6.45, 7) is 0. The van der Waals surface area contributed by atoms with E-state index in [1.807, 2.05) is 0 Å². The SMILES string of the molecule is NS(=O)(=O)c1ccc(-c2cc(C(=O)NC3CC3)nn2-c2ccc(Cl)cc2)cc1. The second-order valence-corrected chi connectivity index (χ2v) is 8.62. The molecule has 0 radical (unpaired) electrons. The van der Waals surface area contributed by atoms with Crippen LogP contribution in [0, 0.1) is 0 Å². The molecule has 1 amide bonds. The third-order valence-electron chi connectivity index (χ3n) is 4.40. The van der Waals surface area contributed by atoms with E-state index in [1.54, 1.807) is 47.1 Å². The molecule has 1 aliphatic rings. The molecule has 0 atom stereocenters. The van der Waals surface area contributed by atoms with Crippen molar-refractivity contribution in [3.8, 4) is 16.9 Å². The van der Waals surface area contributed by atoms with Crippen LogP contribution in [0.15, 0.2) is 59.5 Å². The van der Waals surface area contributed by atoms with Crippen molar-refractivity contribution in [1.29, 1.82) is 0 Å². The van der Waals surface area contributed by atoms with E-state index in [-0.39, 0.29) is 22.5 Å². The van der Waals surface area contributed by atoms with Gasteiger partial charge in [-0.25, -0.2) is 18.2 Å². The zero-order valence-corrected chi connectivity index (χ0v) is 16.2. The molecule has 0 aliphatic heterocycles. The highest BCUT2D eigenvalue weighted by Gasteiger charge is 2.26. The standard InChI is InChI=1S/C19H17ClN4O3S/c20-13-3-7-15(8-4-13)24-18(11-17(23-24)19(25)22-14-5-6-14)12-1-9-16(10-2-12)28(21,26)27/h1-4,7-11,14H,5-6H2,(H,22,25)(H2,21,26,27). The van der Waals surface area contributed by atoms with Gasteiger partial charge in [-0.15, -0.1) is 0 Å². The highest BCUT2D eigenvalue weighted by atomic mass is 35.5. The molecule has 4 rings (SSSR count). The summed E-state index contributed by atoms with van der Waals surface area (Å²) >= 11 is 5.97. The van der Waals surface area contributed by atoms with Crippen LogP contribution in [0.5, 0.6) is 0 Å². The predicted molar refractivity (Wildman–Crippen MR) is 106 cm³/mol. The van der Waals surface area contributed by atoms with Crippen LogP contribution in [-0.2, 0) is 10.0 Å². The molecule has 3 aromatic rings.